The molecular weight excluding hydrogens is 488 g/mol. The molecule has 2 saturated carbocycles. The third kappa shape index (κ3) is 14.7. The van der Waals surface area contributed by atoms with Crippen LogP contribution < -0.4 is 0 Å². The minimum absolute atomic E-state index is 0.670. The highest BCUT2D eigenvalue weighted by Gasteiger charge is 2.37. The van der Waals surface area contributed by atoms with Gasteiger partial charge in [-0.15, -0.1) is 0 Å². The molecular formula is C38H72O2. The Hall–Kier alpha value is -0.340. The fraction of sp³-hybridized carbons (Fsp3) is 0.947. The van der Waals surface area contributed by atoms with Crippen LogP contribution in [0.3, 0.4) is 0 Å². The summed E-state index contributed by atoms with van der Waals surface area (Å²) in [5.74, 6) is 4.29. The maximum atomic E-state index is 5.82. The third-order valence-corrected chi connectivity index (χ3v) is 10.6. The van der Waals surface area contributed by atoms with E-state index in [4.69, 9.17) is 9.47 Å². The molecule has 0 aliphatic heterocycles. The van der Waals surface area contributed by atoms with Gasteiger partial charge >= 0.3 is 0 Å². The summed E-state index contributed by atoms with van der Waals surface area (Å²) in [5.41, 5.74) is 1.81. The van der Waals surface area contributed by atoms with Crippen LogP contribution in [0.1, 0.15) is 174 Å². The van der Waals surface area contributed by atoms with Crippen molar-refractivity contribution < 1.29 is 9.47 Å². The van der Waals surface area contributed by atoms with Crippen LogP contribution in [0.4, 0.5) is 0 Å². The Morgan fingerprint density at radius 3 is 1.90 bits per heavy atom. The molecule has 236 valence electrons. The molecule has 2 nitrogen and oxygen atoms in total. The molecule has 0 aromatic rings. The highest BCUT2D eigenvalue weighted by molar-refractivity contribution is 5.13. The van der Waals surface area contributed by atoms with Crippen LogP contribution in [-0.2, 0) is 9.47 Å². The molecule has 5 unspecified atom stereocenters. The highest BCUT2D eigenvalue weighted by Crippen LogP contribution is 2.47. The van der Waals surface area contributed by atoms with Crippen LogP contribution >= 0.6 is 0 Å². The van der Waals surface area contributed by atoms with Crippen molar-refractivity contribution in [2.24, 2.45) is 29.6 Å². The van der Waals surface area contributed by atoms with Gasteiger partial charge in [0.25, 0.3) is 0 Å². The summed E-state index contributed by atoms with van der Waals surface area (Å²) in [5, 5.41) is 0. The van der Waals surface area contributed by atoms with Crippen LogP contribution in [0.15, 0.2) is 11.6 Å². The first-order valence-corrected chi connectivity index (χ1v) is 18.4. The van der Waals surface area contributed by atoms with E-state index in [1.807, 2.05) is 14.2 Å². The molecule has 0 spiro atoms. The zero-order valence-electron chi connectivity index (χ0n) is 27.9. The van der Waals surface area contributed by atoms with Crippen LogP contribution in [-0.4, -0.2) is 27.4 Å². The van der Waals surface area contributed by atoms with E-state index in [9.17, 15) is 0 Å². The van der Waals surface area contributed by atoms with Crippen molar-refractivity contribution in [3.05, 3.63) is 11.6 Å². The molecule has 40 heavy (non-hydrogen) atoms. The quantitative estimate of drug-likeness (QED) is 0.0968. The lowest BCUT2D eigenvalue weighted by Crippen LogP contribution is -2.34. The van der Waals surface area contributed by atoms with Crippen molar-refractivity contribution in [3.8, 4) is 0 Å². The normalized spacial score (nSPS) is 27.1. The van der Waals surface area contributed by atoms with Crippen LogP contribution in [0.25, 0.3) is 0 Å². The molecule has 2 aliphatic rings. The Balaban J connectivity index is 2.18. The van der Waals surface area contributed by atoms with Crippen LogP contribution in [0.2, 0.25) is 0 Å². The Labute approximate surface area is 252 Å². The Morgan fingerprint density at radius 2 is 1.20 bits per heavy atom. The van der Waals surface area contributed by atoms with E-state index in [1.165, 1.54) is 161 Å². The molecule has 0 aromatic carbocycles. The molecule has 5 atom stereocenters. The monoisotopic (exact) mass is 561 g/mol. The first-order chi connectivity index (χ1) is 19.7. The van der Waals surface area contributed by atoms with E-state index in [2.05, 4.69) is 19.9 Å². The summed E-state index contributed by atoms with van der Waals surface area (Å²) in [6.45, 7) is 6.59. The Kier molecular flexibility index (Phi) is 21.6. The van der Waals surface area contributed by atoms with E-state index in [0.29, 0.717) is 5.92 Å². The lowest BCUT2D eigenvalue weighted by atomic mass is 9.61. The topological polar surface area (TPSA) is 18.5 Å². The highest BCUT2D eigenvalue weighted by atomic mass is 16.5. The predicted octanol–water partition coefficient (Wildman–Crippen LogP) is 12.1. The second-order valence-corrected chi connectivity index (χ2v) is 13.8. The Morgan fingerprint density at radius 1 is 0.600 bits per heavy atom. The molecule has 0 N–H and O–H groups in total. The lowest BCUT2D eigenvalue weighted by Gasteiger charge is -2.44. The summed E-state index contributed by atoms with van der Waals surface area (Å²) in [4.78, 5) is 0. The largest absolute Gasteiger partial charge is 0.385 e. The number of hydrogen-bond acceptors (Lipinski definition) is 2. The first-order valence-electron chi connectivity index (χ1n) is 18.4. The Bertz CT molecular complexity index is 598. The second kappa shape index (κ2) is 24.1. The molecule has 2 fully saturated rings. The van der Waals surface area contributed by atoms with Gasteiger partial charge in [0.1, 0.15) is 0 Å². The van der Waals surface area contributed by atoms with E-state index in [-0.39, 0.29) is 0 Å². The van der Waals surface area contributed by atoms with Gasteiger partial charge in [0.2, 0.25) is 0 Å². The standard InChI is InChI=1S/C38H72O2/c1-5-7-9-17-23-33-28-29-34(24-18-13-11-12-16-22-30-39-3)38(37(33)27-21-10-8-6-2)31-35-25-19-14-15-20-26-36(35)32-40-4/h31,33-34,36-38H,5-30,32H2,1-4H3/b35-31-. The van der Waals surface area contributed by atoms with E-state index in [0.717, 1.165) is 36.9 Å². The number of hydrogen-bond donors (Lipinski definition) is 0. The van der Waals surface area contributed by atoms with Crippen molar-refractivity contribution in [2.75, 3.05) is 27.4 Å². The fourth-order valence-electron chi connectivity index (χ4n) is 8.20. The summed E-state index contributed by atoms with van der Waals surface area (Å²) < 4.78 is 11.1. The molecule has 0 radical (unpaired) electrons. The number of methoxy groups -OCH3 is 2. The van der Waals surface area contributed by atoms with Gasteiger partial charge in [-0.2, -0.15) is 0 Å². The second-order valence-electron chi connectivity index (χ2n) is 13.8. The van der Waals surface area contributed by atoms with Crippen molar-refractivity contribution in [1.82, 2.24) is 0 Å². The number of allylic oxidation sites excluding steroid dienone is 1. The van der Waals surface area contributed by atoms with Gasteiger partial charge in [0, 0.05) is 26.7 Å². The number of rotatable bonds is 22. The van der Waals surface area contributed by atoms with Crippen molar-refractivity contribution >= 4 is 0 Å². The van der Waals surface area contributed by atoms with Gasteiger partial charge in [0.05, 0.1) is 6.61 Å². The third-order valence-electron chi connectivity index (χ3n) is 10.6. The van der Waals surface area contributed by atoms with Gasteiger partial charge in [-0.3, -0.25) is 0 Å². The van der Waals surface area contributed by atoms with Crippen LogP contribution in [0, 0.1) is 29.6 Å². The summed E-state index contributed by atoms with van der Waals surface area (Å²) in [6.07, 6.45) is 38.3. The predicted molar refractivity (Wildman–Crippen MR) is 176 cm³/mol. The molecule has 2 aliphatic carbocycles. The SMILES string of the molecule is CCCCCCC1CCC(CCCCCCCCOC)C(/C=C2/CCCCCCC2COC)C1CCCCCC. The molecule has 2 heteroatoms. The van der Waals surface area contributed by atoms with Crippen LogP contribution in [0.5, 0.6) is 0 Å². The first kappa shape index (κ1) is 35.9. The lowest BCUT2D eigenvalue weighted by molar-refractivity contribution is 0.0936. The van der Waals surface area contributed by atoms with Gasteiger partial charge in [0.15, 0.2) is 0 Å². The number of unbranched alkanes of at least 4 members (excludes halogenated alkanes) is 11. The average molecular weight is 561 g/mol. The van der Waals surface area contributed by atoms with Gasteiger partial charge in [-0.25, -0.2) is 0 Å². The fourth-order valence-corrected chi connectivity index (χ4v) is 8.20. The van der Waals surface area contributed by atoms with Gasteiger partial charge in [-0.05, 0) is 75.0 Å². The van der Waals surface area contributed by atoms with E-state index < -0.39 is 0 Å². The number of ether oxygens (including phenoxy) is 2. The molecule has 0 heterocycles. The van der Waals surface area contributed by atoms with Crippen molar-refractivity contribution in [1.29, 1.82) is 0 Å². The summed E-state index contributed by atoms with van der Waals surface area (Å²) in [7, 11) is 3.76. The van der Waals surface area contributed by atoms with E-state index >= 15 is 0 Å². The zero-order chi connectivity index (χ0) is 28.7. The van der Waals surface area contributed by atoms with Crippen molar-refractivity contribution in [3.63, 3.8) is 0 Å². The summed E-state index contributed by atoms with van der Waals surface area (Å²) in [6, 6.07) is 0. The maximum absolute atomic E-state index is 5.82. The summed E-state index contributed by atoms with van der Waals surface area (Å²) >= 11 is 0. The molecule has 0 bridgehead atoms. The maximum Gasteiger partial charge on any atom is 0.0527 e. The molecule has 2 rings (SSSR count). The molecule has 0 saturated heterocycles. The minimum Gasteiger partial charge on any atom is -0.385 e. The minimum atomic E-state index is 0.670. The molecule has 0 aromatic heterocycles. The zero-order valence-corrected chi connectivity index (χ0v) is 27.9. The van der Waals surface area contributed by atoms with Gasteiger partial charge < -0.3 is 9.47 Å². The van der Waals surface area contributed by atoms with Gasteiger partial charge in [-0.1, -0.05) is 135 Å². The van der Waals surface area contributed by atoms with Crippen molar-refractivity contribution in [2.45, 2.75) is 174 Å². The van der Waals surface area contributed by atoms with E-state index in [1.54, 1.807) is 5.57 Å². The smallest absolute Gasteiger partial charge is 0.0527 e. The molecule has 0 amide bonds. The average Bonchev–Trinajstić information content (AvgIpc) is 2.95.